The Labute approximate surface area is 232 Å². The van der Waals surface area contributed by atoms with Gasteiger partial charge in [0, 0.05) is 18.7 Å². The first-order valence-electron chi connectivity index (χ1n) is 13.8. The summed E-state index contributed by atoms with van der Waals surface area (Å²) in [5.41, 5.74) is 1.16. The number of nitrogens with zero attached hydrogens (tertiary/aromatic N) is 2. The molecule has 0 aromatic heterocycles. The lowest BCUT2D eigenvalue weighted by molar-refractivity contribution is -0.140. The molecular formula is C31H42N2O6. The molecule has 8 heteroatoms. The summed E-state index contributed by atoms with van der Waals surface area (Å²) < 4.78 is 17.1. The number of carbonyl (C=O) groups excluding carboxylic acids is 2. The van der Waals surface area contributed by atoms with Crippen LogP contribution in [0.15, 0.2) is 48.0 Å². The Balaban J connectivity index is 2.09. The first-order chi connectivity index (χ1) is 18.7. The number of aliphatic hydroxyl groups is 1. The number of amides is 1. The maximum atomic E-state index is 13.4. The molecule has 1 saturated heterocycles. The molecule has 39 heavy (non-hydrogen) atoms. The van der Waals surface area contributed by atoms with Gasteiger partial charge in [-0.1, -0.05) is 33.8 Å². The van der Waals surface area contributed by atoms with Crippen LogP contribution in [0.4, 0.5) is 0 Å². The molecule has 8 nitrogen and oxygen atoms in total. The van der Waals surface area contributed by atoms with Gasteiger partial charge in [0.25, 0.3) is 11.7 Å². The van der Waals surface area contributed by atoms with E-state index < -0.39 is 17.7 Å². The molecule has 0 saturated carbocycles. The second-order valence-corrected chi connectivity index (χ2v) is 9.92. The van der Waals surface area contributed by atoms with Gasteiger partial charge in [0.15, 0.2) is 11.5 Å². The molecule has 212 valence electrons. The Morgan fingerprint density at radius 1 is 1.00 bits per heavy atom. The molecular weight excluding hydrogens is 496 g/mol. The second kappa shape index (κ2) is 14.0. The van der Waals surface area contributed by atoms with Gasteiger partial charge < -0.3 is 29.1 Å². The number of carbonyl (C=O) groups is 2. The summed E-state index contributed by atoms with van der Waals surface area (Å²) in [5, 5.41) is 11.4. The number of hydrogen-bond acceptors (Lipinski definition) is 7. The summed E-state index contributed by atoms with van der Waals surface area (Å²) in [6, 6.07) is 11.5. The third kappa shape index (κ3) is 7.12. The van der Waals surface area contributed by atoms with Gasteiger partial charge in [-0.25, -0.2) is 0 Å². The molecule has 1 N–H and O–H groups in total. The number of likely N-dealkylation sites (tertiary alicyclic amines) is 1. The Hall–Kier alpha value is -3.52. The number of benzene rings is 2. The summed E-state index contributed by atoms with van der Waals surface area (Å²) >= 11 is 0. The van der Waals surface area contributed by atoms with Gasteiger partial charge in [0.05, 0.1) is 31.9 Å². The van der Waals surface area contributed by atoms with Crippen molar-refractivity contribution < 1.29 is 28.9 Å². The van der Waals surface area contributed by atoms with E-state index in [4.69, 9.17) is 14.2 Å². The minimum absolute atomic E-state index is 0.0561. The van der Waals surface area contributed by atoms with E-state index in [9.17, 15) is 14.7 Å². The summed E-state index contributed by atoms with van der Waals surface area (Å²) in [5.74, 6) is 0.719. The van der Waals surface area contributed by atoms with Crippen LogP contribution in [0.3, 0.4) is 0 Å². The van der Waals surface area contributed by atoms with Crippen LogP contribution in [-0.4, -0.2) is 73.1 Å². The topological polar surface area (TPSA) is 88.5 Å². The Morgan fingerprint density at radius 2 is 1.69 bits per heavy atom. The molecule has 1 atom stereocenters. The smallest absolute Gasteiger partial charge is 0.295 e. The lowest BCUT2D eigenvalue weighted by Crippen LogP contribution is -2.38. The highest BCUT2D eigenvalue weighted by molar-refractivity contribution is 6.46. The normalized spacial score (nSPS) is 16.8. The molecule has 2 aromatic rings. The number of aliphatic hydroxyl groups excluding tert-OH is 1. The highest BCUT2D eigenvalue weighted by atomic mass is 16.5. The number of hydrogen-bond donors (Lipinski definition) is 1. The molecule has 1 aliphatic rings. The molecule has 0 spiro atoms. The van der Waals surface area contributed by atoms with Gasteiger partial charge in [-0.2, -0.15) is 0 Å². The Kier molecular flexibility index (Phi) is 10.8. The quantitative estimate of drug-likeness (QED) is 0.199. The molecule has 1 amide bonds. The van der Waals surface area contributed by atoms with E-state index >= 15 is 0 Å². The molecule has 1 aliphatic heterocycles. The fourth-order valence-corrected chi connectivity index (χ4v) is 4.64. The first kappa shape index (κ1) is 30.0. The van der Waals surface area contributed by atoms with Crippen molar-refractivity contribution in [2.45, 2.75) is 47.1 Å². The van der Waals surface area contributed by atoms with Crippen LogP contribution in [0, 0.1) is 5.92 Å². The van der Waals surface area contributed by atoms with Crippen LogP contribution in [0.1, 0.15) is 58.2 Å². The van der Waals surface area contributed by atoms with E-state index in [1.807, 2.05) is 25.1 Å². The molecule has 3 rings (SSSR count). The lowest BCUT2D eigenvalue weighted by Gasteiger charge is -2.28. The molecule has 1 unspecified atom stereocenters. The Morgan fingerprint density at radius 3 is 2.28 bits per heavy atom. The van der Waals surface area contributed by atoms with Crippen LogP contribution in [-0.2, 0) is 9.59 Å². The summed E-state index contributed by atoms with van der Waals surface area (Å²) in [6.07, 6.45) is 0.903. The van der Waals surface area contributed by atoms with Gasteiger partial charge in [0.1, 0.15) is 11.5 Å². The van der Waals surface area contributed by atoms with Gasteiger partial charge in [0.2, 0.25) is 0 Å². The van der Waals surface area contributed by atoms with Gasteiger partial charge >= 0.3 is 0 Å². The monoisotopic (exact) mass is 538 g/mol. The summed E-state index contributed by atoms with van der Waals surface area (Å²) in [4.78, 5) is 30.5. The number of ketones is 1. The van der Waals surface area contributed by atoms with Crippen molar-refractivity contribution in [2.24, 2.45) is 5.92 Å². The Bertz CT molecular complexity index is 1150. The van der Waals surface area contributed by atoms with Gasteiger partial charge in [-0.15, -0.1) is 0 Å². The van der Waals surface area contributed by atoms with Crippen LogP contribution in [0.2, 0.25) is 0 Å². The van der Waals surface area contributed by atoms with Crippen molar-refractivity contribution in [1.82, 2.24) is 9.80 Å². The maximum absolute atomic E-state index is 13.4. The molecule has 1 fully saturated rings. The third-order valence-electron chi connectivity index (χ3n) is 6.99. The van der Waals surface area contributed by atoms with Crippen molar-refractivity contribution in [1.29, 1.82) is 0 Å². The van der Waals surface area contributed by atoms with Crippen LogP contribution >= 0.6 is 0 Å². The summed E-state index contributed by atoms with van der Waals surface area (Å²) in [7, 11) is 1.56. The zero-order valence-electron chi connectivity index (χ0n) is 24.0. The predicted octanol–water partition coefficient (Wildman–Crippen LogP) is 5.28. The average molecular weight is 539 g/mol. The number of likely N-dealkylation sites (N-methyl/N-ethyl adjacent to an activating group) is 1. The predicted molar refractivity (Wildman–Crippen MR) is 152 cm³/mol. The lowest BCUT2D eigenvalue weighted by atomic mass is 9.95. The molecule has 1 heterocycles. The standard InChI is InChI=1S/C31H42N2O6/c1-7-32(8-2)17-18-33-28(23-12-15-25(26(20-23)38-9-3)39-19-16-21(4)5)27(30(35)31(33)36)29(34)22-10-13-24(37-6)14-11-22/h10-15,20-21,28,34H,7-9,16-19H2,1-6H3. The summed E-state index contributed by atoms with van der Waals surface area (Å²) in [6.45, 7) is 13.9. The molecule has 2 aromatic carbocycles. The number of methoxy groups -OCH3 is 1. The molecule has 0 radical (unpaired) electrons. The van der Waals surface area contributed by atoms with Crippen molar-refractivity contribution in [3.05, 3.63) is 59.2 Å². The fourth-order valence-electron chi connectivity index (χ4n) is 4.64. The fraction of sp³-hybridized carbons (Fsp3) is 0.484. The van der Waals surface area contributed by atoms with Gasteiger partial charge in [-0.05, 0) is 74.3 Å². The molecule has 0 bridgehead atoms. The van der Waals surface area contributed by atoms with E-state index in [0.717, 1.165) is 19.5 Å². The maximum Gasteiger partial charge on any atom is 0.295 e. The third-order valence-corrected chi connectivity index (χ3v) is 6.99. The van der Waals surface area contributed by atoms with E-state index in [1.54, 1.807) is 36.3 Å². The highest BCUT2D eigenvalue weighted by Crippen LogP contribution is 2.42. The van der Waals surface area contributed by atoms with Crippen molar-refractivity contribution >= 4 is 17.4 Å². The van der Waals surface area contributed by atoms with Crippen LogP contribution in [0.5, 0.6) is 17.2 Å². The minimum Gasteiger partial charge on any atom is -0.507 e. The second-order valence-electron chi connectivity index (χ2n) is 9.92. The van der Waals surface area contributed by atoms with E-state index in [2.05, 4.69) is 32.6 Å². The number of Topliss-reactive ketones (excluding diaryl/α,β-unsaturated/α-hetero) is 1. The van der Waals surface area contributed by atoms with E-state index in [1.165, 1.54) is 0 Å². The number of rotatable bonds is 14. The molecule has 0 aliphatic carbocycles. The number of ether oxygens (including phenoxy) is 3. The SMILES string of the molecule is CCOc1cc(C2C(=C(O)c3ccc(OC)cc3)C(=O)C(=O)N2CCN(CC)CC)ccc1OCCC(C)C. The zero-order valence-corrected chi connectivity index (χ0v) is 24.0. The van der Waals surface area contributed by atoms with Crippen molar-refractivity contribution in [3.63, 3.8) is 0 Å². The van der Waals surface area contributed by atoms with Crippen molar-refractivity contribution in [3.8, 4) is 17.2 Å². The van der Waals surface area contributed by atoms with E-state index in [0.29, 0.717) is 60.6 Å². The van der Waals surface area contributed by atoms with E-state index in [-0.39, 0.29) is 11.3 Å². The minimum atomic E-state index is -0.772. The van der Waals surface area contributed by atoms with Crippen molar-refractivity contribution in [2.75, 3.05) is 46.5 Å². The zero-order chi connectivity index (χ0) is 28.5. The largest absolute Gasteiger partial charge is 0.507 e. The highest BCUT2D eigenvalue weighted by Gasteiger charge is 2.46. The van der Waals surface area contributed by atoms with Crippen LogP contribution in [0.25, 0.3) is 5.76 Å². The average Bonchev–Trinajstić information content (AvgIpc) is 3.19. The first-order valence-corrected chi connectivity index (χ1v) is 13.8. The van der Waals surface area contributed by atoms with Gasteiger partial charge in [-0.3, -0.25) is 9.59 Å². The van der Waals surface area contributed by atoms with Crippen LogP contribution < -0.4 is 14.2 Å².